The molecule has 27 heavy (non-hydrogen) atoms. The Labute approximate surface area is 159 Å². The van der Waals surface area contributed by atoms with Crippen molar-refractivity contribution in [1.29, 1.82) is 0 Å². The van der Waals surface area contributed by atoms with Crippen LogP contribution in [0.15, 0.2) is 34.0 Å². The van der Waals surface area contributed by atoms with Crippen molar-refractivity contribution in [3.05, 3.63) is 40.2 Å². The second-order valence-electron chi connectivity index (χ2n) is 6.51. The molecule has 1 heterocycles. The van der Waals surface area contributed by atoms with Crippen LogP contribution in [-0.4, -0.2) is 42.7 Å². The summed E-state index contributed by atoms with van der Waals surface area (Å²) in [5, 5.41) is 3.27. The largest absolute Gasteiger partial charge is 0.350 e. The van der Waals surface area contributed by atoms with Crippen LogP contribution in [0.1, 0.15) is 50.9 Å². The number of benzene rings is 1. The maximum absolute atomic E-state index is 12.8. The number of aromatic nitrogens is 1. The van der Waals surface area contributed by atoms with Crippen molar-refractivity contribution in [2.75, 3.05) is 13.1 Å². The van der Waals surface area contributed by atoms with Crippen LogP contribution in [0.25, 0.3) is 10.9 Å². The number of aromatic amines is 1. The van der Waals surface area contributed by atoms with Crippen molar-refractivity contribution in [3.63, 3.8) is 0 Å². The molecule has 1 aromatic carbocycles. The van der Waals surface area contributed by atoms with Crippen LogP contribution in [0.4, 0.5) is 0 Å². The van der Waals surface area contributed by atoms with E-state index in [1.165, 1.54) is 28.6 Å². The van der Waals surface area contributed by atoms with Crippen molar-refractivity contribution in [1.82, 2.24) is 14.6 Å². The molecule has 0 saturated heterocycles. The van der Waals surface area contributed by atoms with Gasteiger partial charge in [-0.1, -0.05) is 27.2 Å². The first-order valence-electron chi connectivity index (χ1n) is 9.22. The number of sulfonamides is 1. The zero-order valence-corrected chi connectivity index (χ0v) is 17.0. The van der Waals surface area contributed by atoms with Gasteiger partial charge in [-0.2, -0.15) is 4.31 Å². The SMILES string of the molecule is CCC[C@@H](C)NC(=O)c1cc(=O)[nH]c2ccc(S(=O)(=O)N(CC)CC)cc12. The molecule has 0 fully saturated rings. The minimum absolute atomic E-state index is 0.0422. The van der Waals surface area contributed by atoms with Crippen LogP contribution in [0.2, 0.25) is 0 Å². The highest BCUT2D eigenvalue weighted by Crippen LogP contribution is 2.23. The number of pyridine rings is 1. The van der Waals surface area contributed by atoms with E-state index in [2.05, 4.69) is 10.3 Å². The van der Waals surface area contributed by atoms with Crippen molar-refractivity contribution in [2.24, 2.45) is 0 Å². The van der Waals surface area contributed by atoms with Gasteiger partial charge in [-0.25, -0.2) is 8.42 Å². The molecule has 0 saturated carbocycles. The Balaban J connectivity index is 2.58. The van der Waals surface area contributed by atoms with Crippen LogP contribution in [0, 0.1) is 0 Å². The fraction of sp³-hybridized carbons (Fsp3) is 0.474. The zero-order chi connectivity index (χ0) is 20.2. The van der Waals surface area contributed by atoms with Gasteiger partial charge in [0, 0.05) is 36.1 Å². The summed E-state index contributed by atoms with van der Waals surface area (Å²) in [6.45, 7) is 8.17. The van der Waals surface area contributed by atoms with E-state index in [1.807, 2.05) is 13.8 Å². The summed E-state index contributed by atoms with van der Waals surface area (Å²) in [5.74, 6) is -0.385. The van der Waals surface area contributed by atoms with Gasteiger partial charge in [-0.15, -0.1) is 0 Å². The standard InChI is InChI=1S/C19H27N3O4S/c1-5-8-13(4)20-19(24)16-12-18(23)21-17-10-9-14(11-15(16)17)27(25,26)22(6-2)7-3/h9-13H,5-8H2,1-4H3,(H,20,24)(H,21,23)/t13-/m1/s1. The maximum Gasteiger partial charge on any atom is 0.252 e. The number of H-pyrrole nitrogens is 1. The van der Waals surface area contributed by atoms with E-state index in [4.69, 9.17) is 0 Å². The van der Waals surface area contributed by atoms with E-state index < -0.39 is 15.6 Å². The Bertz CT molecular complexity index is 978. The van der Waals surface area contributed by atoms with Gasteiger partial charge in [0.15, 0.2) is 0 Å². The average Bonchev–Trinajstić information content (AvgIpc) is 2.61. The quantitative estimate of drug-likeness (QED) is 0.720. The molecule has 148 valence electrons. The number of fused-ring (bicyclic) bond motifs is 1. The van der Waals surface area contributed by atoms with Crippen molar-refractivity contribution >= 4 is 26.8 Å². The number of hydrogen-bond donors (Lipinski definition) is 2. The van der Waals surface area contributed by atoms with Gasteiger partial charge in [-0.05, 0) is 31.5 Å². The highest BCUT2D eigenvalue weighted by molar-refractivity contribution is 7.89. The van der Waals surface area contributed by atoms with Crippen molar-refractivity contribution in [2.45, 2.75) is 51.5 Å². The monoisotopic (exact) mass is 393 g/mol. The smallest absolute Gasteiger partial charge is 0.252 e. The molecule has 1 aromatic heterocycles. The topological polar surface area (TPSA) is 99.3 Å². The molecule has 2 N–H and O–H groups in total. The van der Waals surface area contributed by atoms with E-state index in [0.29, 0.717) is 24.0 Å². The molecule has 0 aliphatic heterocycles. The highest BCUT2D eigenvalue weighted by atomic mass is 32.2. The van der Waals surface area contributed by atoms with E-state index >= 15 is 0 Å². The van der Waals surface area contributed by atoms with Gasteiger partial charge in [0.25, 0.3) is 5.91 Å². The number of carbonyl (C=O) groups excluding carboxylic acids is 1. The lowest BCUT2D eigenvalue weighted by molar-refractivity contribution is 0.0940. The second-order valence-corrected chi connectivity index (χ2v) is 8.45. The molecule has 0 bridgehead atoms. The van der Waals surface area contributed by atoms with Gasteiger partial charge >= 0.3 is 0 Å². The molecule has 1 amide bonds. The Morgan fingerprint density at radius 2 is 1.85 bits per heavy atom. The number of amides is 1. The predicted octanol–water partition coefficient (Wildman–Crippen LogP) is 2.48. The summed E-state index contributed by atoms with van der Waals surface area (Å²) in [4.78, 5) is 27.4. The van der Waals surface area contributed by atoms with Crippen LogP contribution in [0.5, 0.6) is 0 Å². The molecule has 7 nitrogen and oxygen atoms in total. The fourth-order valence-electron chi connectivity index (χ4n) is 3.10. The van der Waals surface area contributed by atoms with Crippen LogP contribution < -0.4 is 10.9 Å². The highest BCUT2D eigenvalue weighted by Gasteiger charge is 2.23. The van der Waals surface area contributed by atoms with E-state index in [-0.39, 0.29) is 22.4 Å². The lowest BCUT2D eigenvalue weighted by Crippen LogP contribution is -2.33. The van der Waals surface area contributed by atoms with Gasteiger partial charge < -0.3 is 10.3 Å². The van der Waals surface area contributed by atoms with Gasteiger partial charge in [-0.3, -0.25) is 9.59 Å². The Hall–Kier alpha value is -2.19. The number of nitrogens with one attached hydrogen (secondary N) is 2. The third kappa shape index (κ3) is 4.56. The first-order valence-corrected chi connectivity index (χ1v) is 10.7. The number of hydrogen-bond acceptors (Lipinski definition) is 4. The fourth-order valence-corrected chi connectivity index (χ4v) is 4.59. The summed E-state index contributed by atoms with van der Waals surface area (Å²) in [6.07, 6.45) is 1.73. The lowest BCUT2D eigenvalue weighted by Gasteiger charge is -2.19. The minimum atomic E-state index is -3.67. The maximum atomic E-state index is 12.8. The summed E-state index contributed by atoms with van der Waals surface area (Å²) < 4.78 is 27.0. The molecular formula is C19H27N3O4S. The molecule has 2 aromatic rings. The van der Waals surface area contributed by atoms with Crippen molar-refractivity contribution in [3.8, 4) is 0 Å². The van der Waals surface area contributed by atoms with Crippen LogP contribution in [-0.2, 0) is 10.0 Å². The summed E-state index contributed by atoms with van der Waals surface area (Å²) in [7, 11) is -3.67. The van der Waals surface area contributed by atoms with E-state index in [1.54, 1.807) is 13.8 Å². The molecular weight excluding hydrogens is 366 g/mol. The third-order valence-electron chi connectivity index (χ3n) is 4.50. The minimum Gasteiger partial charge on any atom is -0.350 e. The second kappa shape index (κ2) is 8.67. The van der Waals surface area contributed by atoms with E-state index in [0.717, 1.165) is 12.8 Å². The van der Waals surface area contributed by atoms with Crippen LogP contribution in [0.3, 0.4) is 0 Å². The van der Waals surface area contributed by atoms with Crippen LogP contribution >= 0.6 is 0 Å². The van der Waals surface area contributed by atoms with Gasteiger partial charge in [0.1, 0.15) is 0 Å². The van der Waals surface area contributed by atoms with E-state index in [9.17, 15) is 18.0 Å². The summed E-state index contributed by atoms with van der Waals surface area (Å²) >= 11 is 0. The predicted molar refractivity (Wildman–Crippen MR) is 107 cm³/mol. The molecule has 0 aliphatic carbocycles. The van der Waals surface area contributed by atoms with Crippen molar-refractivity contribution < 1.29 is 13.2 Å². The van der Waals surface area contributed by atoms with Gasteiger partial charge in [0.05, 0.1) is 10.5 Å². The average molecular weight is 394 g/mol. The Morgan fingerprint density at radius 1 is 1.19 bits per heavy atom. The number of rotatable bonds is 8. The Morgan fingerprint density at radius 3 is 2.44 bits per heavy atom. The lowest BCUT2D eigenvalue weighted by atomic mass is 10.1. The number of carbonyl (C=O) groups is 1. The first kappa shape index (κ1) is 21.1. The first-order chi connectivity index (χ1) is 12.7. The molecule has 1 atom stereocenters. The molecule has 0 unspecified atom stereocenters. The normalized spacial score (nSPS) is 13.1. The zero-order valence-electron chi connectivity index (χ0n) is 16.2. The Kier molecular flexibility index (Phi) is 6.78. The molecule has 0 radical (unpaired) electrons. The molecule has 0 spiro atoms. The molecule has 2 rings (SSSR count). The summed E-state index contributed by atoms with van der Waals surface area (Å²) in [6, 6.07) is 5.61. The third-order valence-corrected chi connectivity index (χ3v) is 6.55. The molecule has 0 aliphatic rings. The molecule has 8 heteroatoms. The van der Waals surface area contributed by atoms with Gasteiger partial charge in [0.2, 0.25) is 15.6 Å². The summed E-state index contributed by atoms with van der Waals surface area (Å²) in [5.41, 5.74) is 0.192. The number of nitrogens with zero attached hydrogens (tertiary/aromatic N) is 1.